The maximum absolute atomic E-state index is 2.75. The first-order valence-electron chi connectivity index (χ1n) is 7.81. The molecule has 2 nitrogen and oxygen atoms in total. The van der Waals surface area contributed by atoms with Crippen molar-refractivity contribution in [3.05, 3.63) is 0 Å². The molecule has 2 aliphatic rings. The molecule has 0 radical (unpaired) electrons. The summed E-state index contributed by atoms with van der Waals surface area (Å²) in [6.07, 6.45) is 2.85. The van der Waals surface area contributed by atoms with Crippen LogP contribution in [0, 0.1) is 17.3 Å². The van der Waals surface area contributed by atoms with Crippen LogP contribution >= 0.6 is 0 Å². The van der Waals surface area contributed by atoms with Crippen LogP contribution in [0.2, 0.25) is 0 Å². The quantitative estimate of drug-likeness (QED) is 0.761. The van der Waals surface area contributed by atoms with Crippen LogP contribution in [0.25, 0.3) is 0 Å². The molecule has 2 fully saturated rings. The summed E-state index contributed by atoms with van der Waals surface area (Å²) in [6, 6.07) is 0.862. The van der Waals surface area contributed by atoms with E-state index < -0.39 is 0 Å². The molecule has 0 aromatic rings. The summed E-state index contributed by atoms with van der Waals surface area (Å²) >= 11 is 0. The van der Waals surface area contributed by atoms with Crippen LogP contribution in [0.1, 0.15) is 47.5 Å². The summed E-state index contributed by atoms with van der Waals surface area (Å²) < 4.78 is 0. The smallest absolute Gasteiger partial charge is 0.0350 e. The van der Waals surface area contributed by atoms with Gasteiger partial charge in [-0.1, -0.05) is 34.6 Å². The summed E-state index contributed by atoms with van der Waals surface area (Å²) in [5.41, 5.74) is 0.454. The second-order valence-electron chi connectivity index (χ2n) is 8.03. The first-order valence-corrected chi connectivity index (χ1v) is 7.81. The summed E-state index contributed by atoms with van der Waals surface area (Å²) in [5, 5.41) is 0. The van der Waals surface area contributed by atoms with Crippen LogP contribution in [-0.4, -0.2) is 48.6 Å². The van der Waals surface area contributed by atoms with Crippen molar-refractivity contribution in [2.75, 3.05) is 32.7 Å². The second kappa shape index (κ2) is 5.50. The molecule has 2 rings (SSSR count). The van der Waals surface area contributed by atoms with Crippen molar-refractivity contribution in [2.45, 2.75) is 53.5 Å². The largest absolute Gasteiger partial charge is 0.300 e. The van der Waals surface area contributed by atoms with E-state index in [0.29, 0.717) is 5.41 Å². The Labute approximate surface area is 114 Å². The van der Waals surface area contributed by atoms with Gasteiger partial charge in [0.1, 0.15) is 0 Å². The van der Waals surface area contributed by atoms with Crippen LogP contribution in [0.3, 0.4) is 0 Å². The topological polar surface area (TPSA) is 6.48 Å². The van der Waals surface area contributed by atoms with Crippen LogP contribution < -0.4 is 0 Å². The average molecular weight is 252 g/mol. The van der Waals surface area contributed by atoms with Gasteiger partial charge in [0.15, 0.2) is 0 Å². The maximum atomic E-state index is 2.75. The Morgan fingerprint density at radius 2 is 1.61 bits per heavy atom. The Hall–Kier alpha value is -0.0800. The molecule has 0 saturated carbocycles. The second-order valence-corrected chi connectivity index (χ2v) is 8.03. The van der Waals surface area contributed by atoms with Crippen molar-refractivity contribution < 1.29 is 0 Å². The molecular formula is C16H32N2. The zero-order chi connectivity index (χ0) is 13.3. The fourth-order valence-corrected chi connectivity index (χ4v) is 3.52. The van der Waals surface area contributed by atoms with Gasteiger partial charge in [-0.05, 0) is 43.2 Å². The minimum Gasteiger partial charge on any atom is -0.300 e. The summed E-state index contributed by atoms with van der Waals surface area (Å²) in [5.74, 6) is 1.86. The van der Waals surface area contributed by atoms with Gasteiger partial charge >= 0.3 is 0 Å². The number of hydrogen-bond acceptors (Lipinski definition) is 2. The molecule has 0 unspecified atom stereocenters. The Balaban J connectivity index is 1.68. The van der Waals surface area contributed by atoms with E-state index in [4.69, 9.17) is 0 Å². The molecule has 2 aliphatic heterocycles. The first-order chi connectivity index (χ1) is 8.35. The lowest BCUT2D eigenvalue weighted by Crippen LogP contribution is -2.61. The number of piperidine rings is 1. The minimum atomic E-state index is 0.454. The van der Waals surface area contributed by atoms with Crippen LogP contribution in [0.4, 0.5) is 0 Å². The zero-order valence-electron chi connectivity index (χ0n) is 13.1. The molecule has 2 heterocycles. The van der Waals surface area contributed by atoms with E-state index in [9.17, 15) is 0 Å². The van der Waals surface area contributed by atoms with E-state index in [0.717, 1.165) is 17.9 Å². The Kier molecular flexibility index (Phi) is 4.38. The number of nitrogens with zero attached hydrogens (tertiary/aromatic N) is 2. The molecule has 0 N–H and O–H groups in total. The van der Waals surface area contributed by atoms with Gasteiger partial charge in [-0.25, -0.2) is 0 Å². The highest BCUT2D eigenvalue weighted by Gasteiger charge is 2.35. The van der Waals surface area contributed by atoms with E-state index in [2.05, 4.69) is 44.4 Å². The third-order valence-electron chi connectivity index (χ3n) is 4.67. The molecule has 2 heteroatoms. The Bertz CT molecular complexity index is 253. The predicted molar refractivity (Wildman–Crippen MR) is 78.8 cm³/mol. The number of hydrogen-bond donors (Lipinski definition) is 0. The van der Waals surface area contributed by atoms with Gasteiger partial charge in [-0.2, -0.15) is 0 Å². The molecular weight excluding hydrogens is 220 g/mol. The summed E-state index contributed by atoms with van der Waals surface area (Å²) in [4.78, 5) is 5.37. The van der Waals surface area contributed by atoms with Crippen LogP contribution in [-0.2, 0) is 0 Å². The minimum absolute atomic E-state index is 0.454. The Morgan fingerprint density at radius 1 is 1.06 bits per heavy atom. The van der Waals surface area contributed by atoms with Crippen molar-refractivity contribution >= 4 is 0 Å². The van der Waals surface area contributed by atoms with Crippen LogP contribution in [0.5, 0.6) is 0 Å². The lowest BCUT2D eigenvalue weighted by Gasteiger charge is -2.49. The number of likely N-dealkylation sites (tertiary alicyclic amines) is 2. The predicted octanol–water partition coefficient (Wildman–Crippen LogP) is 3.08. The standard InChI is InChI=1S/C16H32N2/c1-13(2)14-6-8-18(9-7-14)15-10-17(11-15)12-16(3,4)5/h13-15H,6-12H2,1-5H3. The third kappa shape index (κ3) is 3.71. The van der Waals surface area contributed by atoms with Crippen molar-refractivity contribution in [1.29, 1.82) is 0 Å². The highest BCUT2D eigenvalue weighted by molar-refractivity contribution is 4.91. The highest BCUT2D eigenvalue weighted by atomic mass is 15.3. The molecule has 0 aromatic carbocycles. The van der Waals surface area contributed by atoms with Crippen LogP contribution in [0.15, 0.2) is 0 Å². The van der Waals surface area contributed by atoms with Gasteiger partial charge < -0.3 is 0 Å². The molecule has 18 heavy (non-hydrogen) atoms. The van der Waals surface area contributed by atoms with E-state index in [1.165, 1.54) is 45.6 Å². The molecule has 0 atom stereocenters. The lowest BCUT2D eigenvalue weighted by molar-refractivity contribution is -0.00459. The Morgan fingerprint density at radius 3 is 2.06 bits per heavy atom. The molecule has 106 valence electrons. The maximum Gasteiger partial charge on any atom is 0.0350 e. The van der Waals surface area contributed by atoms with Crippen molar-refractivity contribution in [1.82, 2.24) is 9.80 Å². The normalized spacial score (nSPS) is 25.7. The molecule has 2 saturated heterocycles. The fourth-order valence-electron chi connectivity index (χ4n) is 3.52. The third-order valence-corrected chi connectivity index (χ3v) is 4.67. The van der Waals surface area contributed by atoms with Gasteiger partial charge in [-0.15, -0.1) is 0 Å². The van der Waals surface area contributed by atoms with Gasteiger partial charge in [-0.3, -0.25) is 9.80 Å². The van der Waals surface area contributed by atoms with Crippen molar-refractivity contribution in [3.63, 3.8) is 0 Å². The van der Waals surface area contributed by atoms with E-state index in [-0.39, 0.29) is 0 Å². The highest BCUT2D eigenvalue weighted by Crippen LogP contribution is 2.28. The monoisotopic (exact) mass is 252 g/mol. The zero-order valence-corrected chi connectivity index (χ0v) is 13.1. The van der Waals surface area contributed by atoms with E-state index in [1.54, 1.807) is 0 Å². The molecule has 0 bridgehead atoms. The molecule has 0 spiro atoms. The lowest BCUT2D eigenvalue weighted by atomic mass is 9.85. The summed E-state index contributed by atoms with van der Waals surface area (Å²) in [6.45, 7) is 18.4. The average Bonchev–Trinajstić information content (AvgIpc) is 2.22. The number of rotatable bonds is 3. The van der Waals surface area contributed by atoms with Crippen molar-refractivity contribution in [3.8, 4) is 0 Å². The van der Waals surface area contributed by atoms with Gasteiger partial charge in [0.25, 0.3) is 0 Å². The molecule has 0 aliphatic carbocycles. The van der Waals surface area contributed by atoms with Gasteiger partial charge in [0, 0.05) is 25.7 Å². The first kappa shape index (κ1) is 14.3. The van der Waals surface area contributed by atoms with Gasteiger partial charge in [0.2, 0.25) is 0 Å². The van der Waals surface area contributed by atoms with Gasteiger partial charge in [0.05, 0.1) is 0 Å². The SMILES string of the molecule is CC(C)C1CCN(C2CN(CC(C)(C)C)C2)CC1. The van der Waals surface area contributed by atoms with Crippen molar-refractivity contribution in [2.24, 2.45) is 17.3 Å². The van der Waals surface area contributed by atoms with E-state index >= 15 is 0 Å². The summed E-state index contributed by atoms with van der Waals surface area (Å²) in [7, 11) is 0. The van der Waals surface area contributed by atoms with E-state index in [1.807, 2.05) is 0 Å². The fraction of sp³-hybridized carbons (Fsp3) is 1.00. The molecule has 0 aromatic heterocycles. The molecule has 0 amide bonds.